The van der Waals surface area contributed by atoms with E-state index in [4.69, 9.17) is 9.47 Å². The summed E-state index contributed by atoms with van der Waals surface area (Å²) < 4.78 is 11.0. The van der Waals surface area contributed by atoms with Crippen molar-refractivity contribution in [3.05, 3.63) is 35.4 Å². The van der Waals surface area contributed by atoms with Gasteiger partial charge in [0.05, 0.1) is 17.8 Å². The van der Waals surface area contributed by atoms with Gasteiger partial charge in [0.15, 0.2) is 6.10 Å². The lowest BCUT2D eigenvalue weighted by Gasteiger charge is -2.35. The summed E-state index contributed by atoms with van der Waals surface area (Å²) in [6, 6.07) is 6.73. The summed E-state index contributed by atoms with van der Waals surface area (Å²) in [5.74, 6) is -1.24. The maximum atomic E-state index is 12.4. The highest BCUT2D eigenvalue weighted by molar-refractivity contribution is 5.98. The van der Waals surface area contributed by atoms with Crippen molar-refractivity contribution in [2.45, 2.75) is 77.4 Å². The summed E-state index contributed by atoms with van der Waals surface area (Å²) >= 11 is 0. The summed E-state index contributed by atoms with van der Waals surface area (Å²) in [5.41, 5.74) is 1.45. The highest BCUT2D eigenvalue weighted by Crippen LogP contribution is 2.17. The molecule has 1 saturated carbocycles. The Labute approximate surface area is 183 Å². The number of nitrogens with one attached hydrogen (secondary N) is 2. The predicted molar refractivity (Wildman–Crippen MR) is 116 cm³/mol. The number of amides is 3. The highest BCUT2D eigenvalue weighted by Gasteiger charge is 2.24. The number of carbonyl (C=O) groups excluding carboxylic acids is 3. The Bertz CT molecular complexity index is 766. The van der Waals surface area contributed by atoms with E-state index in [-0.39, 0.29) is 18.2 Å². The second-order valence-electron chi connectivity index (χ2n) is 8.64. The van der Waals surface area contributed by atoms with Crippen LogP contribution in [0.5, 0.6) is 0 Å². The molecule has 31 heavy (non-hydrogen) atoms. The maximum absolute atomic E-state index is 12.4. The first-order chi connectivity index (χ1) is 14.8. The van der Waals surface area contributed by atoms with Crippen LogP contribution in [0.1, 0.15) is 62.4 Å². The number of benzene rings is 1. The summed E-state index contributed by atoms with van der Waals surface area (Å²) in [7, 11) is 0. The van der Waals surface area contributed by atoms with Crippen molar-refractivity contribution in [3.8, 4) is 0 Å². The molecule has 1 aromatic carbocycles. The molecule has 170 valence electrons. The van der Waals surface area contributed by atoms with Crippen LogP contribution in [0.15, 0.2) is 24.3 Å². The van der Waals surface area contributed by atoms with Gasteiger partial charge in [-0.05, 0) is 51.3 Å². The minimum absolute atomic E-state index is 0.105. The van der Waals surface area contributed by atoms with E-state index in [0.717, 1.165) is 50.9 Å². The van der Waals surface area contributed by atoms with Crippen LogP contribution in [0, 0.1) is 0 Å². The largest absolute Gasteiger partial charge is 0.449 e. The molecule has 0 radical (unpaired) electrons. The molecule has 0 bridgehead atoms. The van der Waals surface area contributed by atoms with Gasteiger partial charge in [0.1, 0.15) is 0 Å². The van der Waals surface area contributed by atoms with E-state index in [1.54, 1.807) is 12.1 Å². The number of hydrogen-bond donors (Lipinski definition) is 2. The van der Waals surface area contributed by atoms with E-state index in [1.165, 1.54) is 6.92 Å². The Morgan fingerprint density at radius 1 is 1.10 bits per heavy atom. The van der Waals surface area contributed by atoms with Crippen LogP contribution >= 0.6 is 0 Å². The van der Waals surface area contributed by atoms with Crippen molar-refractivity contribution in [3.63, 3.8) is 0 Å². The van der Waals surface area contributed by atoms with Crippen molar-refractivity contribution < 1.29 is 23.9 Å². The quantitative estimate of drug-likeness (QED) is 0.672. The number of rotatable bonds is 6. The molecule has 1 heterocycles. The number of ether oxygens (including phenoxy) is 2. The topological polar surface area (TPSA) is 97.0 Å². The van der Waals surface area contributed by atoms with Gasteiger partial charge in [-0.2, -0.15) is 0 Å². The molecule has 0 spiro atoms. The Morgan fingerprint density at radius 2 is 1.71 bits per heavy atom. The van der Waals surface area contributed by atoms with Gasteiger partial charge < -0.3 is 14.8 Å². The molecule has 1 aliphatic heterocycles. The standard InChI is InChI=1S/C23H33N3O5/c1-15-12-26(13-16(2)30-15)14-18-8-10-19(11-9-18)22(28)31-17(3)21(27)25-23(29)24-20-6-4-5-7-20/h8-11,15-17,20H,4-7,12-14H2,1-3H3,(H2,24,25,27,29). The van der Waals surface area contributed by atoms with Crippen LogP contribution in [0.2, 0.25) is 0 Å². The minimum atomic E-state index is -1.07. The normalized spacial score (nSPS) is 23.2. The number of nitrogens with zero attached hydrogens (tertiary/aromatic N) is 1. The van der Waals surface area contributed by atoms with Gasteiger partial charge in [0.2, 0.25) is 0 Å². The SMILES string of the molecule is CC1CN(Cc2ccc(C(=O)OC(C)C(=O)NC(=O)NC3CCCC3)cc2)CC(C)O1. The Morgan fingerprint density at radius 3 is 2.32 bits per heavy atom. The van der Waals surface area contributed by atoms with Crippen molar-refractivity contribution in [1.29, 1.82) is 0 Å². The van der Waals surface area contributed by atoms with E-state index in [9.17, 15) is 14.4 Å². The molecular formula is C23H33N3O5. The van der Waals surface area contributed by atoms with Crippen LogP contribution in [0.25, 0.3) is 0 Å². The van der Waals surface area contributed by atoms with E-state index >= 15 is 0 Å². The van der Waals surface area contributed by atoms with Crippen LogP contribution in [-0.2, 0) is 20.8 Å². The van der Waals surface area contributed by atoms with Crippen LogP contribution in [0.4, 0.5) is 4.79 Å². The van der Waals surface area contributed by atoms with E-state index in [1.807, 2.05) is 12.1 Å². The van der Waals surface area contributed by atoms with Gasteiger partial charge in [0.25, 0.3) is 5.91 Å². The highest BCUT2D eigenvalue weighted by atomic mass is 16.5. The van der Waals surface area contributed by atoms with E-state index < -0.39 is 24.0 Å². The monoisotopic (exact) mass is 431 g/mol. The maximum Gasteiger partial charge on any atom is 0.338 e. The van der Waals surface area contributed by atoms with Crippen LogP contribution < -0.4 is 10.6 Å². The van der Waals surface area contributed by atoms with Gasteiger partial charge >= 0.3 is 12.0 Å². The number of esters is 1. The first kappa shape index (κ1) is 23.2. The van der Waals surface area contributed by atoms with Gasteiger partial charge in [-0.25, -0.2) is 9.59 Å². The molecule has 2 fully saturated rings. The molecule has 1 aliphatic carbocycles. The van der Waals surface area contributed by atoms with E-state index in [2.05, 4.69) is 29.4 Å². The molecule has 8 nitrogen and oxygen atoms in total. The molecule has 8 heteroatoms. The molecule has 2 N–H and O–H groups in total. The third kappa shape index (κ3) is 7.04. The molecule has 3 atom stereocenters. The number of morpholine rings is 1. The average molecular weight is 432 g/mol. The van der Waals surface area contributed by atoms with Crippen LogP contribution in [-0.4, -0.2) is 60.3 Å². The molecule has 1 aromatic rings. The van der Waals surface area contributed by atoms with Crippen molar-refractivity contribution in [2.75, 3.05) is 13.1 Å². The smallest absolute Gasteiger partial charge is 0.338 e. The second-order valence-corrected chi connectivity index (χ2v) is 8.64. The lowest BCUT2D eigenvalue weighted by Crippen LogP contribution is -2.47. The van der Waals surface area contributed by atoms with Gasteiger partial charge in [-0.1, -0.05) is 25.0 Å². The molecule has 3 unspecified atom stereocenters. The third-order valence-electron chi connectivity index (χ3n) is 5.67. The zero-order valence-corrected chi connectivity index (χ0v) is 18.6. The lowest BCUT2D eigenvalue weighted by atomic mass is 10.1. The summed E-state index contributed by atoms with van der Waals surface area (Å²) in [6.45, 7) is 8.10. The Hall–Kier alpha value is -2.45. The molecule has 0 aromatic heterocycles. The number of hydrogen-bond acceptors (Lipinski definition) is 6. The molecule has 3 amide bonds. The average Bonchev–Trinajstić information content (AvgIpc) is 3.20. The molecule has 3 rings (SSSR count). The summed E-state index contributed by atoms with van der Waals surface area (Å²) in [4.78, 5) is 38.8. The van der Waals surface area contributed by atoms with Crippen LogP contribution in [0.3, 0.4) is 0 Å². The summed E-state index contributed by atoms with van der Waals surface area (Å²) in [6.07, 6.45) is 3.33. The Kier molecular flexibility index (Phi) is 8.03. The third-order valence-corrected chi connectivity index (χ3v) is 5.67. The number of urea groups is 1. The predicted octanol–water partition coefficient (Wildman–Crippen LogP) is 2.61. The van der Waals surface area contributed by atoms with Crippen molar-refractivity contribution in [2.24, 2.45) is 0 Å². The van der Waals surface area contributed by atoms with Gasteiger partial charge in [0, 0.05) is 25.7 Å². The summed E-state index contributed by atoms with van der Waals surface area (Å²) in [5, 5.41) is 5.01. The minimum Gasteiger partial charge on any atom is -0.449 e. The second kappa shape index (κ2) is 10.7. The molecular weight excluding hydrogens is 398 g/mol. The zero-order valence-electron chi connectivity index (χ0n) is 18.6. The van der Waals surface area contributed by atoms with Gasteiger partial charge in [-0.3, -0.25) is 15.0 Å². The first-order valence-electron chi connectivity index (χ1n) is 11.1. The number of imide groups is 1. The van der Waals surface area contributed by atoms with Gasteiger partial charge in [-0.15, -0.1) is 0 Å². The zero-order chi connectivity index (χ0) is 22.4. The molecule has 2 aliphatic rings. The Balaban J connectivity index is 1.45. The fourth-order valence-corrected chi connectivity index (χ4v) is 4.21. The van der Waals surface area contributed by atoms with Crippen molar-refractivity contribution in [1.82, 2.24) is 15.5 Å². The molecule has 1 saturated heterocycles. The fourth-order valence-electron chi connectivity index (χ4n) is 4.21. The lowest BCUT2D eigenvalue weighted by molar-refractivity contribution is -0.127. The van der Waals surface area contributed by atoms with E-state index in [0.29, 0.717) is 5.56 Å². The first-order valence-corrected chi connectivity index (χ1v) is 11.1. The van der Waals surface area contributed by atoms with Crippen molar-refractivity contribution >= 4 is 17.9 Å². The number of carbonyl (C=O) groups is 3. The fraction of sp³-hybridized carbons (Fsp3) is 0.609.